The number of benzene rings is 2. The van der Waals surface area contributed by atoms with E-state index in [0.717, 1.165) is 27.9 Å². The van der Waals surface area contributed by atoms with Crippen LogP contribution in [0.25, 0.3) is 22.1 Å². The predicted octanol–water partition coefficient (Wildman–Crippen LogP) is 2.29. The molecule has 0 aliphatic rings. The summed E-state index contributed by atoms with van der Waals surface area (Å²) in [5.74, 6) is 0.782. The molecule has 2 aromatic heterocycles. The zero-order valence-corrected chi connectivity index (χ0v) is 14.8. The first-order valence-electron chi connectivity index (χ1n) is 8.61. The molecule has 0 bridgehead atoms. The summed E-state index contributed by atoms with van der Waals surface area (Å²) in [6, 6.07) is 15.6. The second-order valence-corrected chi connectivity index (χ2v) is 6.46. The van der Waals surface area contributed by atoms with E-state index >= 15 is 0 Å². The molecule has 132 valence electrons. The second kappa shape index (κ2) is 6.59. The van der Waals surface area contributed by atoms with Crippen molar-refractivity contribution in [1.29, 1.82) is 0 Å². The Morgan fingerprint density at radius 1 is 1.08 bits per heavy atom. The molecule has 7 nitrogen and oxygen atoms in total. The number of hydrogen-bond donors (Lipinski definition) is 1. The van der Waals surface area contributed by atoms with E-state index in [4.69, 9.17) is 0 Å². The van der Waals surface area contributed by atoms with Gasteiger partial charge in [-0.1, -0.05) is 29.5 Å². The highest BCUT2D eigenvalue weighted by Crippen LogP contribution is 2.15. The summed E-state index contributed by atoms with van der Waals surface area (Å²) in [7, 11) is 0. The van der Waals surface area contributed by atoms with E-state index in [0.29, 0.717) is 6.54 Å². The molecule has 2 heterocycles. The summed E-state index contributed by atoms with van der Waals surface area (Å²) in [6.07, 6.45) is 0. The van der Waals surface area contributed by atoms with E-state index in [1.807, 2.05) is 71.6 Å². The Kier molecular flexibility index (Phi) is 4.12. The van der Waals surface area contributed by atoms with Gasteiger partial charge in [-0.15, -0.1) is 5.10 Å². The number of para-hydroxylation sites is 3. The number of rotatable bonds is 5. The van der Waals surface area contributed by atoms with E-state index in [1.165, 1.54) is 0 Å². The van der Waals surface area contributed by atoms with Gasteiger partial charge >= 0.3 is 0 Å². The third-order valence-corrected chi connectivity index (χ3v) is 4.42. The summed E-state index contributed by atoms with van der Waals surface area (Å²) >= 11 is 0. The number of imidazole rings is 1. The first-order chi connectivity index (χ1) is 12.6. The molecule has 4 rings (SSSR count). The Labute approximate surface area is 150 Å². The van der Waals surface area contributed by atoms with Crippen molar-refractivity contribution >= 4 is 28.0 Å². The lowest BCUT2D eigenvalue weighted by Gasteiger charge is -2.15. The zero-order valence-electron chi connectivity index (χ0n) is 14.8. The van der Waals surface area contributed by atoms with Crippen molar-refractivity contribution < 1.29 is 4.79 Å². The number of carbonyl (C=O) groups is 1. The minimum atomic E-state index is -0.0669. The minimum absolute atomic E-state index is 0.0480. The third-order valence-electron chi connectivity index (χ3n) is 4.42. The van der Waals surface area contributed by atoms with E-state index in [1.54, 1.807) is 0 Å². The Bertz CT molecular complexity index is 1080. The highest BCUT2D eigenvalue weighted by Gasteiger charge is 2.14. The van der Waals surface area contributed by atoms with Crippen LogP contribution < -0.4 is 5.32 Å². The number of fused-ring (bicyclic) bond motifs is 2. The predicted molar refractivity (Wildman–Crippen MR) is 99.6 cm³/mol. The highest BCUT2D eigenvalue weighted by molar-refractivity contribution is 5.81. The Morgan fingerprint density at radius 3 is 2.58 bits per heavy atom. The summed E-state index contributed by atoms with van der Waals surface area (Å²) in [5.41, 5.74) is 3.69. The van der Waals surface area contributed by atoms with Crippen LogP contribution in [-0.2, 0) is 17.9 Å². The molecule has 1 amide bonds. The molecule has 0 saturated heterocycles. The lowest BCUT2D eigenvalue weighted by atomic mass is 10.3. The van der Waals surface area contributed by atoms with Crippen LogP contribution in [0.15, 0.2) is 48.5 Å². The molecular formula is C19H20N6O. The number of hydrogen-bond acceptors (Lipinski definition) is 4. The largest absolute Gasteiger partial charge is 0.350 e. The first kappa shape index (κ1) is 16.3. The standard InChI is InChI=1S/C19H20N6O/c1-13(11-25-18-10-6-4-8-16(18)22-23-25)20-19(26)12-24-14(2)21-15-7-3-5-9-17(15)24/h3-10,13H,11-12H2,1-2H3,(H,20,26)/t13-/m0/s1. The van der Waals surface area contributed by atoms with Gasteiger partial charge in [0.2, 0.25) is 5.91 Å². The maximum Gasteiger partial charge on any atom is 0.240 e. The van der Waals surface area contributed by atoms with Crippen LogP contribution in [0.1, 0.15) is 12.7 Å². The van der Waals surface area contributed by atoms with Crippen molar-refractivity contribution in [1.82, 2.24) is 29.9 Å². The summed E-state index contributed by atoms with van der Waals surface area (Å²) in [5, 5.41) is 11.4. The second-order valence-electron chi connectivity index (χ2n) is 6.46. The number of amides is 1. The number of aromatic nitrogens is 5. The van der Waals surface area contributed by atoms with Gasteiger partial charge in [0.25, 0.3) is 0 Å². The molecule has 7 heteroatoms. The van der Waals surface area contributed by atoms with Gasteiger partial charge in [0.05, 0.1) is 23.1 Å². The normalized spacial score (nSPS) is 12.5. The first-order valence-corrected chi connectivity index (χ1v) is 8.61. The van der Waals surface area contributed by atoms with Gasteiger partial charge in [0.15, 0.2) is 0 Å². The van der Waals surface area contributed by atoms with Crippen molar-refractivity contribution in [2.45, 2.75) is 33.0 Å². The maximum absolute atomic E-state index is 12.5. The van der Waals surface area contributed by atoms with Gasteiger partial charge in [-0.25, -0.2) is 9.67 Å². The molecule has 0 aliphatic carbocycles. The van der Waals surface area contributed by atoms with Crippen molar-refractivity contribution in [3.05, 3.63) is 54.4 Å². The molecule has 0 radical (unpaired) electrons. The van der Waals surface area contributed by atoms with E-state index in [-0.39, 0.29) is 18.5 Å². The molecule has 0 saturated carbocycles. The van der Waals surface area contributed by atoms with Crippen molar-refractivity contribution in [2.75, 3.05) is 0 Å². The molecule has 26 heavy (non-hydrogen) atoms. The molecule has 4 aromatic rings. The van der Waals surface area contributed by atoms with Gasteiger partial charge in [0, 0.05) is 6.04 Å². The zero-order chi connectivity index (χ0) is 18.1. The molecule has 1 atom stereocenters. The van der Waals surface area contributed by atoms with Crippen LogP contribution in [0.5, 0.6) is 0 Å². The lowest BCUT2D eigenvalue weighted by Crippen LogP contribution is -2.38. The number of carbonyl (C=O) groups excluding carboxylic acids is 1. The van der Waals surface area contributed by atoms with Crippen LogP contribution >= 0.6 is 0 Å². The average molecular weight is 348 g/mol. The molecular weight excluding hydrogens is 328 g/mol. The van der Waals surface area contributed by atoms with Gasteiger partial charge in [-0.2, -0.15) is 0 Å². The smallest absolute Gasteiger partial charge is 0.240 e. The molecule has 1 N–H and O–H groups in total. The van der Waals surface area contributed by atoms with Gasteiger partial charge in [-0.3, -0.25) is 4.79 Å². The molecule has 0 spiro atoms. The average Bonchev–Trinajstić information content (AvgIpc) is 3.16. The molecule has 0 fully saturated rings. The summed E-state index contributed by atoms with van der Waals surface area (Å²) in [4.78, 5) is 17.0. The van der Waals surface area contributed by atoms with Crippen molar-refractivity contribution in [2.24, 2.45) is 0 Å². The van der Waals surface area contributed by atoms with Crippen LogP contribution in [0, 0.1) is 6.92 Å². The Balaban J connectivity index is 1.45. The minimum Gasteiger partial charge on any atom is -0.350 e. The maximum atomic E-state index is 12.5. The van der Waals surface area contributed by atoms with E-state index < -0.39 is 0 Å². The van der Waals surface area contributed by atoms with E-state index in [9.17, 15) is 4.79 Å². The monoisotopic (exact) mass is 348 g/mol. The fourth-order valence-corrected chi connectivity index (χ4v) is 3.22. The van der Waals surface area contributed by atoms with Crippen LogP contribution in [0.2, 0.25) is 0 Å². The summed E-state index contributed by atoms with van der Waals surface area (Å²) < 4.78 is 3.75. The number of aryl methyl sites for hydroxylation is 1. The topological polar surface area (TPSA) is 77.6 Å². The van der Waals surface area contributed by atoms with Crippen molar-refractivity contribution in [3.8, 4) is 0 Å². The van der Waals surface area contributed by atoms with Crippen molar-refractivity contribution in [3.63, 3.8) is 0 Å². The summed E-state index contributed by atoms with van der Waals surface area (Å²) in [6.45, 7) is 4.69. The van der Waals surface area contributed by atoms with Crippen LogP contribution in [0.4, 0.5) is 0 Å². The lowest BCUT2D eigenvalue weighted by molar-refractivity contribution is -0.122. The molecule has 2 aromatic carbocycles. The molecule has 0 aliphatic heterocycles. The fraction of sp³-hybridized carbons (Fsp3) is 0.263. The van der Waals surface area contributed by atoms with Crippen LogP contribution in [0.3, 0.4) is 0 Å². The highest BCUT2D eigenvalue weighted by atomic mass is 16.2. The number of nitrogens with zero attached hydrogens (tertiary/aromatic N) is 5. The Hall–Kier alpha value is -3.22. The Morgan fingerprint density at radius 2 is 1.77 bits per heavy atom. The quantitative estimate of drug-likeness (QED) is 0.600. The van der Waals surface area contributed by atoms with Gasteiger partial charge < -0.3 is 9.88 Å². The SMILES string of the molecule is Cc1nc2ccccc2n1CC(=O)N[C@@H](C)Cn1nnc2ccccc21. The van der Waals surface area contributed by atoms with Gasteiger partial charge in [-0.05, 0) is 38.1 Å². The van der Waals surface area contributed by atoms with Crippen LogP contribution in [-0.4, -0.2) is 36.5 Å². The molecule has 0 unspecified atom stereocenters. The van der Waals surface area contributed by atoms with Gasteiger partial charge in [0.1, 0.15) is 17.9 Å². The fourth-order valence-electron chi connectivity index (χ4n) is 3.22. The third kappa shape index (κ3) is 3.03. The van der Waals surface area contributed by atoms with E-state index in [2.05, 4.69) is 20.6 Å². The number of nitrogens with one attached hydrogen (secondary N) is 1.